The van der Waals surface area contributed by atoms with Crippen LogP contribution in [0.5, 0.6) is 0 Å². The van der Waals surface area contributed by atoms with Gasteiger partial charge in [0, 0.05) is 29.3 Å². The quantitative estimate of drug-likeness (QED) is 0.483. The number of carbonyl (C=O) groups is 1. The summed E-state index contributed by atoms with van der Waals surface area (Å²) in [5.74, 6) is 0.246. The van der Waals surface area contributed by atoms with E-state index in [4.69, 9.17) is 5.73 Å². The van der Waals surface area contributed by atoms with Crippen LogP contribution < -0.4 is 11.1 Å². The van der Waals surface area contributed by atoms with Gasteiger partial charge in [0.1, 0.15) is 17.8 Å². The van der Waals surface area contributed by atoms with E-state index < -0.39 is 0 Å². The highest BCUT2D eigenvalue weighted by Crippen LogP contribution is 2.44. The Morgan fingerprint density at radius 2 is 2.06 bits per heavy atom. The van der Waals surface area contributed by atoms with Gasteiger partial charge in [-0.3, -0.25) is 9.78 Å². The predicted molar refractivity (Wildman–Crippen MR) is 128 cm³/mol. The van der Waals surface area contributed by atoms with Crippen molar-refractivity contribution < 1.29 is 4.79 Å². The monoisotopic (exact) mass is 424 g/mol. The molecule has 1 aliphatic rings. The standard InChI is InChI=1S/C25H24N6O/c1-4-20(32)30-17-10-18(14(2)3)23-21(16-9-15-7-5-6-8-19(15)27-11-16)22-24(26)28-13-29-25(22)31(23)12-17/h4-9,11,13,17H,1,10,12H2,2-3H3,(H,30,32)(H2,26,28,29)/t17-/m0/s1. The fourth-order valence-corrected chi connectivity index (χ4v) is 4.60. The average molecular weight is 425 g/mol. The maximum Gasteiger partial charge on any atom is 0.243 e. The van der Waals surface area contributed by atoms with E-state index in [1.807, 2.05) is 24.4 Å². The molecule has 7 nitrogen and oxygen atoms in total. The Kier molecular flexibility index (Phi) is 4.74. The van der Waals surface area contributed by atoms with Crippen LogP contribution in [-0.2, 0) is 11.3 Å². The normalized spacial score (nSPS) is 15.6. The highest BCUT2D eigenvalue weighted by atomic mass is 16.1. The van der Waals surface area contributed by atoms with Crippen LogP contribution in [0.2, 0.25) is 0 Å². The van der Waals surface area contributed by atoms with E-state index in [0.29, 0.717) is 18.8 Å². The number of allylic oxidation sites excluding steroid dienone is 1. The lowest BCUT2D eigenvalue weighted by Crippen LogP contribution is -2.40. The molecule has 3 aromatic heterocycles. The molecule has 32 heavy (non-hydrogen) atoms. The molecule has 0 radical (unpaired) electrons. The molecule has 1 aromatic carbocycles. The minimum atomic E-state index is -0.184. The molecule has 0 bridgehead atoms. The Bertz CT molecular complexity index is 1430. The maximum atomic E-state index is 12.0. The third-order valence-corrected chi connectivity index (χ3v) is 6.02. The molecule has 1 aliphatic heterocycles. The van der Waals surface area contributed by atoms with Gasteiger partial charge in [-0.25, -0.2) is 9.97 Å². The summed E-state index contributed by atoms with van der Waals surface area (Å²) in [7, 11) is 0. The van der Waals surface area contributed by atoms with E-state index in [0.717, 1.165) is 44.3 Å². The fourth-order valence-electron chi connectivity index (χ4n) is 4.60. The van der Waals surface area contributed by atoms with E-state index in [1.165, 1.54) is 18.0 Å². The number of carbonyl (C=O) groups excluding carboxylic acids is 1. The summed E-state index contributed by atoms with van der Waals surface area (Å²) in [4.78, 5) is 25.6. The zero-order valence-corrected chi connectivity index (χ0v) is 18.1. The molecule has 0 saturated carbocycles. The summed E-state index contributed by atoms with van der Waals surface area (Å²) in [5.41, 5.74) is 13.4. The first-order chi connectivity index (χ1) is 15.5. The van der Waals surface area contributed by atoms with Gasteiger partial charge in [-0.1, -0.05) is 30.4 Å². The zero-order chi connectivity index (χ0) is 22.4. The number of nitrogens with one attached hydrogen (secondary N) is 1. The van der Waals surface area contributed by atoms with Gasteiger partial charge in [-0.05, 0) is 44.1 Å². The molecule has 7 heteroatoms. The molecule has 1 amide bonds. The molecule has 4 aromatic rings. The first-order valence-electron chi connectivity index (χ1n) is 10.6. The van der Waals surface area contributed by atoms with Gasteiger partial charge in [0.05, 0.1) is 22.6 Å². The van der Waals surface area contributed by atoms with Gasteiger partial charge < -0.3 is 15.6 Å². The number of amides is 1. The summed E-state index contributed by atoms with van der Waals surface area (Å²) in [5, 5.41) is 4.92. The first kappa shape index (κ1) is 19.9. The number of benzene rings is 1. The van der Waals surface area contributed by atoms with E-state index in [2.05, 4.69) is 57.4 Å². The Balaban J connectivity index is 1.81. The number of hydrogen-bond donors (Lipinski definition) is 2. The lowest BCUT2D eigenvalue weighted by molar-refractivity contribution is -0.117. The van der Waals surface area contributed by atoms with E-state index in [-0.39, 0.29) is 11.9 Å². The summed E-state index contributed by atoms with van der Waals surface area (Å²) in [6.07, 6.45) is 5.39. The van der Waals surface area contributed by atoms with Crippen molar-refractivity contribution in [3.8, 4) is 11.1 Å². The number of rotatable bonds is 3. The van der Waals surface area contributed by atoms with Gasteiger partial charge in [-0.2, -0.15) is 0 Å². The van der Waals surface area contributed by atoms with Crippen molar-refractivity contribution in [3.63, 3.8) is 0 Å². The first-order valence-corrected chi connectivity index (χ1v) is 10.6. The summed E-state index contributed by atoms with van der Waals surface area (Å²) >= 11 is 0. The third-order valence-electron chi connectivity index (χ3n) is 6.02. The number of fused-ring (bicyclic) bond motifs is 4. The molecule has 4 heterocycles. The summed E-state index contributed by atoms with van der Waals surface area (Å²) in [6.45, 7) is 8.34. The van der Waals surface area contributed by atoms with Crippen molar-refractivity contribution in [1.29, 1.82) is 0 Å². The second kappa shape index (κ2) is 7.60. The summed E-state index contributed by atoms with van der Waals surface area (Å²) < 4.78 is 2.15. The van der Waals surface area contributed by atoms with Crippen LogP contribution in [-0.4, -0.2) is 31.5 Å². The molecule has 3 N–H and O–H groups in total. The smallest absolute Gasteiger partial charge is 0.243 e. The molecule has 160 valence electrons. The van der Waals surface area contributed by atoms with Crippen LogP contribution in [0.4, 0.5) is 5.82 Å². The van der Waals surface area contributed by atoms with Crippen LogP contribution in [0.25, 0.3) is 38.6 Å². The zero-order valence-electron chi connectivity index (χ0n) is 18.1. The van der Waals surface area contributed by atoms with Crippen molar-refractivity contribution in [3.05, 3.63) is 66.8 Å². The maximum absolute atomic E-state index is 12.0. The van der Waals surface area contributed by atoms with Crippen LogP contribution in [0.15, 0.2) is 61.1 Å². The van der Waals surface area contributed by atoms with Crippen LogP contribution in [0.1, 0.15) is 26.0 Å². The number of para-hydroxylation sites is 1. The highest BCUT2D eigenvalue weighted by molar-refractivity contribution is 6.07. The SMILES string of the molecule is C=CC(=O)N[C@H]1CC(=C(C)C)c2c(-c3cnc4ccccc4c3)c3c(N)ncnc3n2C1. The number of pyridine rings is 1. The van der Waals surface area contributed by atoms with Gasteiger partial charge in [0.25, 0.3) is 0 Å². The van der Waals surface area contributed by atoms with Crippen LogP contribution in [0.3, 0.4) is 0 Å². The van der Waals surface area contributed by atoms with E-state index in [1.54, 1.807) is 0 Å². The van der Waals surface area contributed by atoms with E-state index >= 15 is 0 Å². The predicted octanol–water partition coefficient (Wildman–Crippen LogP) is 4.10. The number of hydrogen-bond acceptors (Lipinski definition) is 5. The van der Waals surface area contributed by atoms with E-state index in [9.17, 15) is 4.79 Å². The Morgan fingerprint density at radius 1 is 1.25 bits per heavy atom. The van der Waals surface area contributed by atoms with Gasteiger partial charge in [-0.15, -0.1) is 0 Å². The lowest BCUT2D eigenvalue weighted by Gasteiger charge is -2.29. The Hall–Kier alpha value is -4.00. The van der Waals surface area contributed by atoms with Crippen LogP contribution >= 0.6 is 0 Å². The molecule has 5 rings (SSSR count). The molecule has 0 fully saturated rings. The van der Waals surface area contributed by atoms with Crippen molar-refractivity contribution in [2.75, 3.05) is 5.73 Å². The number of aromatic nitrogens is 4. The van der Waals surface area contributed by atoms with Gasteiger partial charge in [0.2, 0.25) is 5.91 Å². The minimum absolute atomic E-state index is 0.0766. The minimum Gasteiger partial charge on any atom is -0.383 e. The number of nitrogen functional groups attached to an aromatic ring is 1. The van der Waals surface area contributed by atoms with Gasteiger partial charge >= 0.3 is 0 Å². The fraction of sp³-hybridized carbons (Fsp3) is 0.200. The highest BCUT2D eigenvalue weighted by Gasteiger charge is 2.31. The molecule has 0 unspecified atom stereocenters. The lowest BCUT2D eigenvalue weighted by atomic mass is 9.90. The van der Waals surface area contributed by atoms with Crippen molar-refractivity contribution in [2.45, 2.75) is 32.9 Å². The topological polar surface area (TPSA) is 98.7 Å². The number of nitrogens with zero attached hydrogens (tertiary/aromatic N) is 4. The third kappa shape index (κ3) is 3.13. The molecule has 0 aliphatic carbocycles. The largest absolute Gasteiger partial charge is 0.383 e. The second-order valence-electron chi connectivity index (χ2n) is 8.30. The molecule has 0 saturated heterocycles. The van der Waals surface area contributed by atoms with Crippen molar-refractivity contribution >= 4 is 39.2 Å². The second-order valence-corrected chi connectivity index (χ2v) is 8.30. The molecular formula is C25H24N6O. The number of anilines is 1. The molecule has 1 atom stereocenters. The van der Waals surface area contributed by atoms with Crippen molar-refractivity contribution in [1.82, 2.24) is 24.8 Å². The molecule has 0 spiro atoms. The van der Waals surface area contributed by atoms with Crippen LogP contribution in [0, 0.1) is 0 Å². The summed E-state index contributed by atoms with van der Waals surface area (Å²) in [6, 6.07) is 10.1. The van der Waals surface area contributed by atoms with Crippen molar-refractivity contribution in [2.24, 2.45) is 0 Å². The average Bonchev–Trinajstić information content (AvgIpc) is 3.13. The molecular weight excluding hydrogens is 400 g/mol. The number of nitrogens with two attached hydrogens (primary N) is 1. The van der Waals surface area contributed by atoms with Gasteiger partial charge in [0.15, 0.2) is 0 Å². The Labute approximate surface area is 185 Å². The Morgan fingerprint density at radius 3 is 2.84 bits per heavy atom.